The number of pyridine rings is 2. The summed E-state index contributed by atoms with van der Waals surface area (Å²) in [5, 5.41) is 3.01. The van der Waals surface area contributed by atoms with E-state index in [-0.39, 0.29) is 11.8 Å². The summed E-state index contributed by atoms with van der Waals surface area (Å²) in [6.45, 7) is 5.97. The van der Waals surface area contributed by atoms with Gasteiger partial charge in [-0.15, -0.1) is 0 Å². The van der Waals surface area contributed by atoms with Crippen molar-refractivity contribution in [2.75, 3.05) is 25.5 Å². The van der Waals surface area contributed by atoms with Crippen LogP contribution in [0, 0.1) is 19.8 Å². The normalized spacial score (nSPS) is 16.0. The number of nitrogens with one attached hydrogen (secondary N) is 1. The summed E-state index contributed by atoms with van der Waals surface area (Å²) >= 11 is 0. The van der Waals surface area contributed by atoms with Crippen LogP contribution in [-0.2, 0) is 4.79 Å². The Morgan fingerprint density at radius 1 is 1.15 bits per heavy atom. The van der Waals surface area contributed by atoms with Crippen LogP contribution in [0.3, 0.4) is 0 Å². The van der Waals surface area contributed by atoms with Crippen LogP contribution in [0.15, 0.2) is 36.8 Å². The Hall–Kier alpha value is -2.73. The molecular formula is C21H25N5O. The summed E-state index contributed by atoms with van der Waals surface area (Å²) < 4.78 is 1.99. The van der Waals surface area contributed by atoms with Gasteiger partial charge in [0.2, 0.25) is 5.91 Å². The first-order valence-electron chi connectivity index (χ1n) is 9.41. The van der Waals surface area contributed by atoms with Crippen molar-refractivity contribution in [1.29, 1.82) is 0 Å². The van der Waals surface area contributed by atoms with Crippen LogP contribution in [0.2, 0.25) is 0 Å². The molecule has 6 nitrogen and oxygen atoms in total. The maximum absolute atomic E-state index is 12.6. The molecule has 0 bridgehead atoms. The first-order valence-corrected chi connectivity index (χ1v) is 9.41. The highest BCUT2D eigenvalue weighted by atomic mass is 16.2. The third kappa shape index (κ3) is 3.71. The number of imidazole rings is 1. The number of aromatic nitrogens is 3. The lowest BCUT2D eigenvalue weighted by Gasteiger charge is -2.27. The van der Waals surface area contributed by atoms with Crippen molar-refractivity contribution >= 4 is 17.4 Å². The van der Waals surface area contributed by atoms with E-state index >= 15 is 0 Å². The Bertz CT molecular complexity index is 985. The number of anilines is 1. The molecule has 0 aromatic carbocycles. The average Bonchev–Trinajstić information content (AvgIpc) is 3.05. The lowest BCUT2D eigenvalue weighted by Crippen LogP contribution is -2.35. The number of rotatable bonds is 3. The molecule has 0 radical (unpaired) electrons. The molecule has 27 heavy (non-hydrogen) atoms. The molecule has 1 aliphatic rings. The van der Waals surface area contributed by atoms with Gasteiger partial charge < -0.3 is 14.6 Å². The summed E-state index contributed by atoms with van der Waals surface area (Å²) in [7, 11) is 2.10. The summed E-state index contributed by atoms with van der Waals surface area (Å²) in [6.07, 6.45) is 7.58. The van der Waals surface area contributed by atoms with Gasteiger partial charge in [-0.3, -0.25) is 9.78 Å². The first-order chi connectivity index (χ1) is 13.0. The molecule has 0 saturated carbocycles. The Morgan fingerprint density at radius 2 is 1.93 bits per heavy atom. The van der Waals surface area contributed by atoms with Crippen molar-refractivity contribution in [3.05, 3.63) is 48.0 Å². The van der Waals surface area contributed by atoms with Crippen LogP contribution in [0.25, 0.3) is 16.8 Å². The van der Waals surface area contributed by atoms with Crippen LogP contribution in [0.4, 0.5) is 5.82 Å². The number of likely N-dealkylation sites (tertiary alicyclic amines) is 1. The summed E-state index contributed by atoms with van der Waals surface area (Å²) in [6, 6.07) is 6.20. The summed E-state index contributed by atoms with van der Waals surface area (Å²) in [4.78, 5) is 23.7. The van der Waals surface area contributed by atoms with E-state index in [0.717, 1.165) is 54.0 Å². The van der Waals surface area contributed by atoms with Gasteiger partial charge in [-0.1, -0.05) is 0 Å². The zero-order valence-electron chi connectivity index (χ0n) is 16.1. The molecule has 1 aliphatic heterocycles. The molecule has 0 atom stereocenters. The number of hydrogen-bond acceptors (Lipinski definition) is 4. The largest absolute Gasteiger partial charge is 0.309 e. The lowest BCUT2D eigenvalue weighted by atomic mass is 9.96. The maximum atomic E-state index is 12.6. The van der Waals surface area contributed by atoms with Crippen LogP contribution >= 0.6 is 0 Å². The predicted molar refractivity (Wildman–Crippen MR) is 107 cm³/mol. The summed E-state index contributed by atoms with van der Waals surface area (Å²) in [5.74, 6) is 0.765. The number of nitrogens with zero attached hydrogens (tertiary/aromatic N) is 4. The monoisotopic (exact) mass is 363 g/mol. The van der Waals surface area contributed by atoms with Crippen LogP contribution in [0.5, 0.6) is 0 Å². The maximum Gasteiger partial charge on any atom is 0.228 e. The molecular weight excluding hydrogens is 338 g/mol. The molecule has 3 aromatic rings. The van der Waals surface area contributed by atoms with E-state index in [0.29, 0.717) is 5.82 Å². The zero-order valence-corrected chi connectivity index (χ0v) is 16.1. The Morgan fingerprint density at radius 3 is 2.67 bits per heavy atom. The van der Waals surface area contributed by atoms with E-state index in [1.807, 2.05) is 36.7 Å². The smallest absolute Gasteiger partial charge is 0.228 e. The molecule has 1 N–H and O–H groups in total. The summed E-state index contributed by atoms with van der Waals surface area (Å²) in [5.41, 5.74) is 5.15. The zero-order chi connectivity index (χ0) is 19.0. The topological polar surface area (TPSA) is 62.5 Å². The van der Waals surface area contributed by atoms with Gasteiger partial charge in [-0.2, -0.15) is 0 Å². The Balaban J connectivity index is 1.59. The quantitative estimate of drug-likeness (QED) is 0.776. The second-order valence-electron chi connectivity index (χ2n) is 7.52. The van der Waals surface area contributed by atoms with Gasteiger partial charge in [0.15, 0.2) is 5.82 Å². The molecule has 1 amide bonds. The van der Waals surface area contributed by atoms with Gasteiger partial charge in [0.05, 0.1) is 6.20 Å². The standard InChI is InChI=1S/C21H25N5O/c1-14-10-18(17-4-7-22-15(2)11-17)12-26-13-19(23-20(14)26)24-21(27)16-5-8-25(3)9-6-16/h4,7,10-13,16H,5-6,8-9H2,1-3H3,(H,24,27). The minimum Gasteiger partial charge on any atom is -0.309 e. The van der Waals surface area contributed by atoms with Crippen LogP contribution < -0.4 is 5.32 Å². The van der Waals surface area contributed by atoms with Gasteiger partial charge in [0, 0.05) is 24.0 Å². The van der Waals surface area contributed by atoms with Crippen molar-refractivity contribution in [1.82, 2.24) is 19.3 Å². The van der Waals surface area contributed by atoms with Crippen molar-refractivity contribution in [2.45, 2.75) is 26.7 Å². The molecule has 3 aromatic heterocycles. The third-order valence-corrected chi connectivity index (χ3v) is 5.31. The molecule has 4 rings (SSSR count). The van der Waals surface area contributed by atoms with Gasteiger partial charge in [-0.05, 0) is 81.7 Å². The Labute approximate surface area is 159 Å². The highest BCUT2D eigenvalue weighted by Gasteiger charge is 2.24. The minimum atomic E-state index is 0.0717. The molecule has 1 saturated heterocycles. The molecule has 0 aliphatic carbocycles. The van der Waals surface area contributed by atoms with E-state index in [9.17, 15) is 4.79 Å². The van der Waals surface area contributed by atoms with Crippen LogP contribution in [0.1, 0.15) is 24.1 Å². The molecule has 140 valence electrons. The number of carbonyl (C=O) groups is 1. The lowest BCUT2D eigenvalue weighted by molar-refractivity contribution is -0.121. The number of carbonyl (C=O) groups excluding carboxylic acids is 1. The first kappa shape index (κ1) is 17.7. The molecule has 1 fully saturated rings. The molecule has 6 heteroatoms. The second kappa shape index (κ2) is 7.12. The molecule has 0 spiro atoms. The van der Waals surface area contributed by atoms with Crippen molar-refractivity contribution in [2.24, 2.45) is 5.92 Å². The SMILES string of the molecule is Cc1cc(-c2cc(C)c3nc(NC(=O)C4CCN(C)CC4)cn3c2)ccn1. The highest BCUT2D eigenvalue weighted by molar-refractivity contribution is 5.92. The Kier molecular flexibility index (Phi) is 4.66. The van der Waals surface area contributed by atoms with Gasteiger partial charge >= 0.3 is 0 Å². The van der Waals surface area contributed by atoms with Gasteiger partial charge in [0.1, 0.15) is 5.65 Å². The molecule has 4 heterocycles. The number of aryl methyl sites for hydroxylation is 2. The van der Waals surface area contributed by atoms with E-state index in [4.69, 9.17) is 0 Å². The van der Waals surface area contributed by atoms with Gasteiger partial charge in [0.25, 0.3) is 0 Å². The van der Waals surface area contributed by atoms with Crippen molar-refractivity contribution in [3.8, 4) is 11.1 Å². The van der Waals surface area contributed by atoms with Crippen molar-refractivity contribution < 1.29 is 4.79 Å². The third-order valence-electron chi connectivity index (χ3n) is 5.31. The number of piperidine rings is 1. The number of hydrogen-bond donors (Lipinski definition) is 1. The minimum absolute atomic E-state index is 0.0717. The van der Waals surface area contributed by atoms with Gasteiger partial charge in [-0.25, -0.2) is 4.98 Å². The number of amides is 1. The fourth-order valence-corrected chi connectivity index (χ4v) is 3.71. The van der Waals surface area contributed by atoms with E-state index in [1.165, 1.54) is 0 Å². The fourth-order valence-electron chi connectivity index (χ4n) is 3.71. The highest BCUT2D eigenvalue weighted by Crippen LogP contribution is 2.25. The fraction of sp³-hybridized carbons (Fsp3) is 0.381. The van der Waals surface area contributed by atoms with E-state index in [2.05, 4.69) is 45.6 Å². The van der Waals surface area contributed by atoms with E-state index < -0.39 is 0 Å². The van der Waals surface area contributed by atoms with Crippen LogP contribution in [-0.4, -0.2) is 45.3 Å². The predicted octanol–water partition coefficient (Wildman–Crippen LogP) is 3.29. The average molecular weight is 363 g/mol. The molecule has 0 unspecified atom stereocenters. The number of fused-ring (bicyclic) bond motifs is 1. The second-order valence-corrected chi connectivity index (χ2v) is 7.52. The van der Waals surface area contributed by atoms with Crippen molar-refractivity contribution in [3.63, 3.8) is 0 Å². The van der Waals surface area contributed by atoms with E-state index in [1.54, 1.807) is 0 Å².